The Morgan fingerprint density at radius 2 is 1.53 bits per heavy atom. The van der Waals surface area contributed by atoms with Gasteiger partial charge in [-0.2, -0.15) is 5.26 Å². The molecular formula is C25H19NO3S. The maximum Gasteiger partial charge on any atom is 0.317 e. The van der Waals surface area contributed by atoms with Crippen molar-refractivity contribution in [2.75, 3.05) is 6.61 Å². The quantitative estimate of drug-likeness (QED) is 0.326. The van der Waals surface area contributed by atoms with Crippen LogP contribution < -0.4 is 0 Å². The van der Waals surface area contributed by atoms with Crippen LogP contribution in [0.15, 0.2) is 82.6 Å². The number of hydrogen-bond donors (Lipinski definition) is 0. The molecule has 0 saturated carbocycles. The molecule has 0 bridgehead atoms. The van der Waals surface area contributed by atoms with Gasteiger partial charge in [-0.1, -0.05) is 60.3 Å². The smallest absolute Gasteiger partial charge is 0.317 e. The number of hydrogen-bond acceptors (Lipinski definition) is 5. The number of benzene rings is 3. The summed E-state index contributed by atoms with van der Waals surface area (Å²) < 4.78 is 5.36. The van der Waals surface area contributed by atoms with Crippen LogP contribution in [0.1, 0.15) is 39.9 Å². The summed E-state index contributed by atoms with van der Waals surface area (Å²) >= 11 is 1.64. The van der Waals surface area contributed by atoms with Crippen LogP contribution in [0, 0.1) is 17.2 Å². The summed E-state index contributed by atoms with van der Waals surface area (Å²) in [5.41, 5.74) is 2.74. The second-order valence-electron chi connectivity index (χ2n) is 6.94. The van der Waals surface area contributed by atoms with Gasteiger partial charge < -0.3 is 4.74 Å². The van der Waals surface area contributed by atoms with Gasteiger partial charge in [0.1, 0.15) is 5.92 Å². The topological polar surface area (TPSA) is 67.2 Å². The van der Waals surface area contributed by atoms with E-state index < -0.39 is 17.8 Å². The lowest BCUT2D eigenvalue weighted by Gasteiger charge is -2.32. The number of rotatable bonds is 5. The summed E-state index contributed by atoms with van der Waals surface area (Å²) in [7, 11) is 0. The van der Waals surface area contributed by atoms with E-state index >= 15 is 0 Å². The minimum atomic E-state index is -1.01. The fourth-order valence-corrected chi connectivity index (χ4v) is 4.98. The third-order valence-electron chi connectivity index (χ3n) is 5.18. The number of fused-ring (bicyclic) bond motifs is 2. The Bertz CT molecular complexity index is 1100. The summed E-state index contributed by atoms with van der Waals surface area (Å²) in [5.74, 6) is -2.30. The summed E-state index contributed by atoms with van der Waals surface area (Å²) in [5, 5.41) is 9.05. The average molecular weight is 413 g/mol. The molecule has 0 aromatic heterocycles. The van der Waals surface area contributed by atoms with Crippen molar-refractivity contribution in [3.8, 4) is 6.07 Å². The van der Waals surface area contributed by atoms with E-state index in [0.29, 0.717) is 11.1 Å². The van der Waals surface area contributed by atoms with E-state index in [1.165, 1.54) is 0 Å². The first-order valence-electron chi connectivity index (χ1n) is 9.70. The van der Waals surface area contributed by atoms with E-state index in [1.54, 1.807) is 43.0 Å². The lowest BCUT2D eigenvalue weighted by Crippen LogP contribution is -2.34. The predicted octanol–water partition coefficient (Wildman–Crippen LogP) is 5.22. The van der Waals surface area contributed by atoms with E-state index in [1.807, 2.05) is 54.6 Å². The lowest BCUT2D eigenvalue weighted by molar-refractivity contribution is -0.146. The molecule has 4 nitrogen and oxygen atoms in total. The Kier molecular flexibility index (Phi) is 5.69. The Morgan fingerprint density at radius 3 is 2.07 bits per heavy atom. The van der Waals surface area contributed by atoms with Gasteiger partial charge in [-0.3, -0.25) is 9.59 Å². The number of carbonyl (C=O) groups excluding carboxylic acids is 2. The molecule has 3 aromatic carbocycles. The van der Waals surface area contributed by atoms with Crippen LogP contribution in [-0.4, -0.2) is 18.4 Å². The molecule has 1 unspecified atom stereocenters. The molecule has 0 radical (unpaired) electrons. The molecule has 0 amide bonds. The monoisotopic (exact) mass is 413 g/mol. The van der Waals surface area contributed by atoms with Gasteiger partial charge >= 0.3 is 5.97 Å². The van der Waals surface area contributed by atoms with E-state index in [0.717, 1.165) is 20.9 Å². The molecular weight excluding hydrogens is 394 g/mol. The van der Waals surface area contributed by atoms with Crippen molar-refractivity contribution in [1.82, 2.24) is 0 Å². The van der Waals surface area contributed by atoms with E-state index in [2.05, 4.69) is 0 Å². The molecule has 5 heteroatoms. The molecule has 0 spiro atoms. The zero-order valence-corrected chi connectivity index (χ0v) is 17.2. The second-order valence-corrected chi connectivity index (χ2v) is 8.02. The van der Waals surface area contributed by atoms with Crippen molar-refractivity contribution in [2.24, 2.45) is 5.92 Å². The van der Waals surface area contributed by atoms with E-state index in [4.69, 9.17) is 10.00 Å². The Hall–Kier alpha value is -3.36. The average Bonchev–Trinajstić information content (AvgIpc) is 2.79. The summed E-state index contributed by atoms with van der Waals surface area (Å²) in [6.07, 6.45) is 0. The van der Waals surface area contributed by atoms with Gasteiger partial charge in [0.05, 0.1) is 18.2 Å². The largest absolute Gasteiger partial charge is 0.465 e. The van der Waals surface area contributed by atoms with Gasteiger partial charge in [-0.25, -0.2) is 0 Å². The highest BCUT2D eigenvalue weighted by molar-refractivity contribution is 7.99. The lowest BCUT2D eigenvalue weighted by atomic mass is 9.76. The molecule has 4 rings (SSSR count). The van der Waals surface area contributed by atoms with Gasteiger partial charge in [0.2, 0.25) is 0 Å². The Balaban J connectivity index is 1.86. The molecule has 30 heavy (non-hydrogen) atoms. The maximum absolute atomic E-state index is 13.6. The van der Waals surface area contributed by atoms with Gasteiger partial charge in [-0.05, 0) is 42.3 Å². The van der Waals surface area contributed by atoms with Gasteiger partial charge in [0.25, 0.3) is 0 Å². The first-order chi connectivity index (χ1) is 14.6. The van der Waals surface area contributed by atoms with E-state index in [-0.39, 0.29) is 12.4 Å². The molecule has 1 aliphatic heterocycles. The Morgan fingerprint density at radius 1 is 0.967 bits per heavy atom. The fraction of sp³-hybridized carbons (Fsp3) is 0.160. The highest BCUT2D eigenvalue weighted by Crippen LogP contribution is 2.49. The molecule has 0 N–H and O–H groups in total. The highest BCUT2D eigenvalue weighted by atomic mass is 32.2. The van der Waals surface area contributed by atoms with Crippen LogP contribution in [0.4, 0.5) is 0 Å². The fourth-order valence-electron chi connectivity index (χ4n) is 3.82. The molecule has 1 heterocycles. The molecule has 0 fully saturated rings. The molecule has 0 aliphatic carbocycles. The first-order valence-corrected chi connectivity index (χ1v) is 10.5. The number of ether oxygens (including phenoxy) is 1. The van der Waals surface area contributed by atoms with Crippen LogP contribution in [-0.2, 0) is 9.53 Å². The number of esters is 1. The van der Waals surface area contributed by atoms with Crippen LogP contribution >= 0.6 is 11.8 Å². The van der Waals surface area contributed by atoms with Crippen molar-refractivity contribution in [1.29, 1.82) is 5.26 Å². The SMILES string of the molecule is CCOC(=O)C(C(=O)c1ccc(C#N)cc1)C1c2ccccc2Sc2ccccc21. The molecule has 148 valence electrons. The Labute approximate surface area is 179 Å². The van der Waals surface area contributed by atoms with Crippen LogP contribution in [0.25, 0.3) is 0 Å². The molecule has 1 aliphatic rings. The maximum atomic E-state index is 13.6. The zero-order valence-electron chi connectivity index (χ0n) is 16.4. The van der Waals surface area contributed by atoms with Gasteiger partial charge in [0.15, 0.2) is 5.78 Å². The van der Waals surface area contributed by atoms with Gasteiger partial charge in [-0.15, -0.1) is 0 Å². The number of nitriles is 1. The highest BCUT2D eigenvalue weighted by Gasteiger charge is 2.42. The van der Waals surface area contributed by atoms with Crippen LogP contribution in [0.3, 0.4) is 0 Å². The summed E-state index contributed by atoms with van der Waals surface area (Å²) in [4.78, 5) is 28.7. The first kappa shape index (κ1) is 19.9. The zero-order chi connectivity index (χ0) is 21.1. The number of carbonyl (C=O) groups is 2. The third kappa shape index (κ3) is 3.62. The minimum Gasteiger partial charge on any atom is -0.465 e. The van der Waals surface area contributed by atoms with Crippen molar-refractivity contribution in [2.45, 2.75) is 22.6 Å². The summed E-state index contributed by atoms with van der Waals surface area (Å²) in [6, 6.07) is 24.2. The van der Waals surface area contributed by atoms with Crippen molar-refractivity contribution in [3.63, 3.8) is 0 Å². The van der Waals surface area contributed by atoms with Crippen LogP contribution in [0.5, 0.6) is 0 Å². The molecule has 1 atom stereocenters. The van der Waals surface area contributed by atoms with Crippen molar-refractivity contribution < 1.29 is 14.3 Å². The van der Waals surface area contributed by atoms with Gasteiger partial charge in [0, 0.05) is 21.3 Å². The second kappa shape index (κ2) is 8.56. The number of Topliss-reactive ketones (excluding diaryl/α,β-unsaturated/α-hetero) is 1. The summed E-state index contributed by atoms with van der Waals surface area (Å²) in [6.45, 7) is 1.93. The minimum absolute atomic E-state index is 0.195. The normalized spacial score (nSPS) is 13.5. The predicted molar refractivity (Wildman–Crippen MR) is 114 cm³/mol. The molecule has 3 aromatic rings. The van der Waals surface area contributed by atoms with E-state index in [9.17, 15) is 9.59 Å². The number of nitrogens with zero attached hydrogens (tertiary/aromatic N) is 1. The number of ketones is 1. The third-order valence-corrected chi connectivity index (χ3v) is 6.37. The van der Waals surface area contributed by atoms with Crippen molar-refractivity contribution in [3.05, 3.63) is 95.1 Å². The molecule has 0 saturated heterocycles. The van der Waals surface area contributed by atoms with Crippen LogP contribution in [0.2, 0.25) is 0 Å². The van der Waals surface area contributed by atoms with Crippen molar-refractivity contribution >= 4 is 23.5 Å². The standard InChI is InChI=1S/C25H19NO3S/c1-2-29-25(28)23(24(27)17-13-11-16(15-26)12-14-17)22-18-7-3-5-9-20(18)30-21-10-6-4-8-19(21)22/h3-14,22-23H,2H2,1H3.